The van der Waals surface area contributed by atoms with Gasteiger partial charge in [-0.3, -0.25) is 0 Å². The van der Waals surface area contributed by atoms with Gasteiger partial charge in [0, 0.05) is 16.6 Å². The smallest absolute Gasteiger partial charge is 0.134 e. The van der Waals surface area contributed by atoms with Crippen LogP contribution < -0.4 is 10.5 Å². The second-order valence-electron chi connectivity index (χ2n) is 3.47. The van der Waals surface area contributed by atoms with Crippen LogP contribution in [0.3, 0.4) is 0 Å². The van der Waals surface area contributed by atoms with Gasteiger partial charge in [-0.2, -0.15) is 0 Å². The number of hydrogen-bond acceptors (Lipinski definition) is 3. The van der Waals surface area contributed by atoms with E-state index in [-0.39, 0.29) is 0 Å². The topological polar surface area (TPSA) is 35.2 Å². The van der Waals surface area contributed by atoms with Gasteiger partial charge in [0.05, 0.1) is 7.11 Å². The molecule has 3 heteroatoms. The molecule has 1 aromatic carbocycles. The van der Waals surface area contributed by atoms with Crippen molar-refractivity contribution in [1.29, 1.82) is 0 Å². The van der Waals surface area contributed by atoms with Crippen LogP contribution in [0.4, 0.5) is 5.69 Å². The summed E-state index contributed by atoms with van der Waals surface area (Å²) in [7, 11) is 1.69. The summed E-state index contributed by atoms with van der Waals surface area (Å²) < 4.78 is 5.28. The summed E-state index contributed by atoms with van der Waals surface area (Å²) in [5.41, 5.74) is 6.44. The largest absolute Gasteiger partial charge is 0.496 e. The number of rotatable bonds is 6. The van der Waals surface area contributed by atoms with Crippen molar-refractivity contribution >= 4 is 17.4 Å². The second-order valence-corrected chi connectivity index (χ2v) is 4.60. The predicted molar refractivity (Wildman–Crippen MR) is 67.7 cm³/mol. The van der Waals surface area contributed by atoms with Crippen molar-refractivity contribution in [2.45, 2.75) is 31.1 Å². The molecule has 0 aliphatic heterocycles. The maximum absolute atomic E-state index is 5.69. The van der Waals surface area contributed by atoms with E-state index in [2.05, 4.69) is 6.92 Å². The van der Waals surface area contributed by atoms with Gasteiger partial charge in [0.25, 0.3) is 0 Å². The van der Waals surface area contributed by atoms with Gasteiger partial charge < -0.3 is 10.5 Å². The number of nitrogen functional groups attached to an aromatic ring is 1. The van der Waals surface area contributed by atoms with Gasteiger partial charge in [-0.25, -0.2) is 0 Å². The van der Waals surface area contributed by atoms with Crippen molar-refractivity contribution in [2.24, 2.45) is 0 Å². The first-order valence-corrected chi connectivity index (χ1v) is 6.32. The third kappa shape index (κ3) is 4.04. The SMILES string of the molecule is CCCCCSc1ccc(N)cc1OC. The summed E-state index contributed by atoms with van der Waals surface area (Å²) in [6.07, 6.45) is 3.82. The van der Waals surface area contributed by atoms with Crippen LogP contribution in [0, 0.1) is 0 Å². The summed E-state index contributed by atoms with van der Waals surface area (Å²) in [5, 5.41) is 0. The van der Waals surface area contributed by atoms with E-state index in [1.165, 1.54) is 24.2 Å². The van der Waals surface area contributed by atoms with Crippen LogP contribution in [0.15, 0.2) is 23.1 Å². The van der Waals surface area contributed by atoms with Crippen molar-refractivity contribution in [3.05, 3.63) is 18.2 Å². The molecule has 2 N–H and O–H groups in total. The van der Waals surface area contributed by atoms with E-state index in [9.17, 15) is 0 Å². The zero-order chi connectivity index (χ0) is 11.1. The third-order valence-corrected chi connectivity index (χ3v) is 3.33. The van der Waals surface area contributed by atoms with Crippen LogP contribution in [0.5, 0.6) is 5.75 Å². The molecule has 2 nitrogen and oxygen atoms in total. The lowest BCUT2D eigenvalue weighted by molar-refractivity contribution is 0.405. The van der Waals surface area contributed by atoms with Crippen LogP contribution in [-0.4, -0.2) is 12.9 Å². The Balaban J connectivity index is 2.52. The highest BCUT2D eigenvalue weighted by atomic mass is 32.2. The molecule has 0 amide bonds. The summed E-state index contributed by atoms with van der Waals surface area (Å²) in [6.45, 7) is 2.22. The number of methoxy groups -OCH3 is 1. The first-order chi connectivity index (χ1) is 7.27. The van der Waals surface area contributed by atoms with Crippen molar-refractivity contribution < 1.29 is 4.74 Å². The van der Waals surface area contributed by atoms with Crippen LogP contribution in [0.2, 0.25) is 0 Å². The maximum atomic E-state index is 5.69. The molecule has 84 valence electrons. The quantitative estimate of drug-likeness (QED) is 0.457. The highest BCUT2D eigenvalue weighted by Gasteiger charge is 2.03. The van der Waals surface area contributed by atoms with E-state index in [4.69, 9.17) is 10.5 Å². The second kappa shape index (κ2) is 6.62. The van der Waals surface area contributed by atoms with Crippen molar-refractivity contribution in [3.63, 3.8) is 0 Å². The summed E-state index contributed by atoms with van der Waals surface area (Å²) in [5.74, 6) is 2.03. The van der Waals surface area contributed by atoms with Gasteiger partial charge in [-0.1, -0.05) is 19.8 Å². The Hall–Kier alpha value is -0.830. The van der Waals surface area contributed by atoms with E-state index in [1.54, 1.807) is 7.11 Å². The molecule has 0 saturated heterocycles. The molecule has 0 aromatic heterocycles. The normalized spacial score (nSPS) is 10.3. The molecule has 0 radical (unpaired) electrons. The third-order valence-electron chi connectivity index (χ3n) is 2.19. The molecule has 1 rings (SSSR count). The number of benzene rings is 1. The van der Waals surface area contributed by atoms with Crippen LogP contribution in [0.25, 0.3) is 0 Å². The fourth-order valence-electron chi connectivity index (χ4n) is 1.34. The number of thioether (sulfide) groups is 1. The standard InChI is InChI=1S/C12H19NOS/c1-3-4-5-8-15-12-7-6-10(13)9-11(12)14-2/h6-7,9H,3-5,8,13H2,1-2H3. The summed E-state index contributed by atoms with van der Waals surface area (Å²) in [6, 6.07) is 5.83. The first kappa shape index (κ1) is 12.2. The molecule has 1 aromatic rings. The number of nitrogens with two attached hydrogens (primary N) is 1. The molecule has 0 aliphatic rings. The fourth-order valence-corrected chi connectivity index (χ4v) is 2.35. The zero-order valence-electron chi connectivity index (χ0n) is 9.45. The van der Waals surface area contributed by atoms with Gasteiger partial charge in [0.15, 0.2) is 0 Å². The molecular formula is C12H19NOS. The minimum Gasteiger partial charge on any atom is -0.496 e. The Morgan fingerprint density at radius 3 is 2.80 bits per heavy atom. The molecule has 0 aliphatic carbocycles. The van der Waals surface area contributed by atoms with E-state index >= 15 is 0 Å². The van der Waals surface area contributed by atoms with Gasteiger partial charge >= 0.3 is 0 Å². The summed E-state index contributed by atoms with van der Waals surface area (Å²) in [4.78, 5) is 1.18. The zero-order valence-corrected chi connectivity index (χ0v) is 10.3. The lowest BCUT2D eigenvalue weighted by Crippen LogP contribution is -1.91. The first-order valence-electron chi connectivity index (χ1n) is 5.34. The van der Waals surface area contributed by atoms with Gasteiger partial charge in [0.1, 0.15) is 5.75 Å². The van der Waals surface area contributed by atoms with E-state index in [1.807, 2.05) is 30.0 Å². The molecule has 0 bridgehead atoms. The Bertz CT molecular complexity index is 302. The number of hydrogen-bond donors (Lipinski definition) is 1. The minimum atomic E-state index is 0.754. The number of ether oxygens (including phenoxy) is 1. The molecular weight excluding hydrogens is 206 g/mol. The van der Waals surface area contributed by atoms with Crippen molar-refractivity contribution in [3.8, 4) is 5.75 Å². The Morgan fingerprint density at radius 2 is 2.13 bits per heavy atom. The minimum absolute atomic E-state index is 0.754. The van der Waals surface area contributed by atoms with Crippen molar-refractivity contribution in [2.75, 3.05) is 18.6 Å². The summed E-state index contributed by atoms with van der Waals surface area (Å²) >= 11 is 1.84. The van der Waals surface area contributed by atoms with Crippen molar-refractivity contribution in [1.82, 2.24) is 0 Å². The van der Waals surface area contributed by atoms with Crippen LogP contribution >= 0.6 is 11.8 Å². The molecule has 0 fully saturated rings. The monoisotopic (exact) mass is 225 g/mol. The Labute approximate surface area is 96.2 Å². The van der Waals surface area contributed by atoms with E-state index in [0.717, 1.165) is 17.2 Å². The number of anilines is 1. The molecule has 15 heavy (non-hydrogen) atoms. The molecule has 0 unspecified atom stereocenters. The lowest BCUT2D eigenvalue weighted by atomic mass is 10.3. The predicted octanol–water partition coefficient (Wildman–Crippen LogP) is 3.56. The van der Waals surface area contributed by atoms with E-state index < -0.39 is 0 Å². The number of unbranched alkanes of at least 4 members (excludes halogenated alkanes) is 2. The molecule has 0 spiro atoms. The Morgan fingerprint density at radius 1 is 1.33 bits per heavy atom. The molecule has 0 saturated carbocycles. The van der Waals surface area contributed by atoms with E-state index in [0.29, 0.717) is 0 Å². The average molecular weight is 225 g/mol. The van der Waals surface area contributed by atoms with Crippen LogP contribution in [-0.2, 0) is 0 Å². The maximum Gasteiger partial charge on any atom is 0.134 e. The highest BCUT2D eigenvalue weighted by Crippen LogP contribution is 2.31. The highest BCUT2D eigenvalue weighted by molar-refractivity contribution is 7.99. The average Bonchev–Trinajstić information content (AvgIpc) is 2.26. The molecule has 0 atom stereocenters. The Kier molecular flexibility index (Phi) is 5.40. The van der Waals surface area contributed by atoms with Gasteiger partial charge in [0.2, 0.25) is 0 Å². The van der Waals surface area contributed by atoms with Gasteiger partial charge in [-0.05, 0) is 24.3 Å². The van der Waals surface area contributed by atoms with Crippen LogP contribution in [0.1, 0.15) is 26.2 Å². The van der Waals surface area contributed by atoms with Gasteiger partial charge in [-0.15, -0.1) is 11.8 Å². The fraction of sp³-hybridized carbons (Fsp3) is 0.500. The lowest BCUT2D eigenvalue weighted by Gasteiger charge is -2.08. The molecule has 0 heterocycles.